The third-order valence-corrected chi connectivity index (χ3v) is 3.83. The summed E-state index contributed by atoms with van der Waals surface area (Å²) in [5, 5.41) is 2.62. The highest BCUT2D eigenvalue weighted by Crippen LogP contribution is 2.14. The molecule has 0 saturated carbocycles. The van der Waals surface area contributed by atoms with Gasteiger partial charge in [0, 0.05) is 12.2 Å². The fraction of sp³-hybridized carbons (Fsp3) is 0.455. The second-order valence-corrected chi connectivity index (χ2v) is 6.08. The number of hydrogen-bond acceptors (Lipinski definition) is 5. The van der Waals surface area contributed by atoms with Gasteiger partial charge < -0.3 is 11.1 Å². The molecule has 0 aliphatic rings. The van der Waals surface area contributed by atoms with E-state index in [4.69, 9.17) is 5.73 Å². The van der Waals surface area contributed by atoms with Gasteiger partial charge in [0.05, 0.1) is 6.04 Å². The van der Waals surface area contributed by atoms with Gasteiger partial charge in [-0.1, -0.05) is 0 Å². The Bertz CT molecular complexity index is 557. The minimum absolute atomic E-state index is 0.0667. The fourth-order valence-electron chi connectivity index (χ4n) is 1.39. The highest BCUT2D eigenvalue weighted by molar-refractivity contribution is 7.89. The molecule has 0 spiro atoms. The van der Waals surface area contributed by atoms with Crippen LogP contribution in [-0.2, 0) is 14.8 Å². The van der Waals surface area contributed by atoms with Crippen molar-refractivity contribution >= 4 is 21.7 Å². The number of hydrogen-bond donors (Lipinski definition) is 3. The van der Waals surface area contributed by atoms with Gasteiger partial charge in [0.1, 0.15) is 10.7 Å². The predicted octanol–water partition coefficient (Wildman–Crippen LogP) is -0.145. The summed E-state index contributed by atoms with van der Waals surface area (Å²) >= 11 is 0. The second kappa shape index (κ2) is 5.98. The summed E-state index contributed by atoms with van der Waals surface area (Å²) in [6, 6.07) is 1.83. The SMILES string of the molecule is CC(C)NC(=O)C(C)NS(=O)(=O)c1cccnc1N. The number of aromatic nitrogens is 1. The molecule has 0 fully saturated rings. The molecule has 7 nitrogen and oxygen atoms in total. The van der Waals surface area contributed by atoms with Crippen molar-refractivity contribution in [3.63, 3.8) is 0 Å². The van der Waals surface area contributed by atoms with Gasteiger partial charge in [0.25, 0.3) is 0 Å². The first-order valence-corrected chi connectivity index (χ1v) is 7.25. The second-order valence-electron chi connectivity index (χ2n) is 4.39. The van der Waals surface area contributed by atoms with E-state index in [0.717, 1.165) is 0 Å². The first-order valence-electron chi connectivity index (χ1n) is 5.77. The lowest BCUT2D eigenvalue weighted by molar-refractivity contribution is -0.122. The van der Waals surface area contributed by atoms with Crippen LogP contribution in [0, 0.1) is 0 Å². The van der Waals surface area contributed by atoms with E-state index in [1.54, 1.807) is 13.8 Å². The van der Waals surface area contributed by atoms with Crippen LogP contribution in [0.25, 0.3) is 0 Å². The molecule has 0 bridgehead atoms. The average Bonchev–Trinajstić information content (AvgIpc) is 2.27. The zero-order valence-corrected chi connectivity index (χ0v) is 11.9. The van der Waals surface area contributed by atoms with Gasteiger partial charge >= 0.3 is 0 Å². The Balaban J connectivity index is 2.87. The minimum Gasteiger partial charge on any atom is -0.383 e. The topological polar surface area (TPSA) is 114 Å². The molecule has 1 aromatic heterocycles. The summed E-state index contributed by atoms with van der Waals surface area (Å²) in [5.41, 5.74) is 5.51. The number of carbonyl (C=O) groups is 1. The van der Waals surface area contributed by atoms with Crippen molar-refractivity contribution in [2.45, 2.75) is 37.8 Å². The number of sulfonamides is 1. The molecule has 106 valence electrons. The Morgan fingerprint density at radius 1 is 1.37 bits per heavy atom. The van der Waals surface area contributed by atoms with Crippen molar-refractivity contribution in [1.82, 2.24) is 15.0 Å². The molecular weight excluding hydrogens is 268 g/mol. The van der Waals surface area contributed by atoms with E-state index in [0.29, 0.717) is 0 Å². The number of carbonyl (C=O) groups excluding carboxylic acids is 1. The Kier molecular flexibility index (Phi) is 4.84. The van der Waals surface area contributed by atoms with Crippen LogP contribution >= 0.6 is 0 Å². The molecule has 19 heavy (non-hydrogen) atoms. The smallest absolute Gasteiger partial charge is 0.244 e. The van der Waals surface area contributed by atoms with Crippen LogP contribution in [0.4, 0.5) is 5.82 Å². The van der Waals surface area contributed by atoms with Gasteiger partial charge in [0.2, 0.25) is 15.9 Å². The van der Waals surface area contributed by atoms with E-state index in [2.05, 4.69) is 15.0 Å². The molecule has 1 rings (SSSR count). The highest BCUT2D eigenvalue weighted by atomic mass is 32.2. The summed E-state index contributed by atoms with van der Waals surface area (Å²) in [5.74, 6) is -0.507. The van der Waals surface area contributed by atoms with E-state index >= 15 is 0 Å². The number of anilines is 1. The molecule has 8 heteroatoms. The molecule has 1 unspecified atom stereocenters. The summed E-state index contributed by atoms with van der Waals surface area (Å²) in [4.78, 5) is 15.2. The number of amides is 1. The first-order chi connectivity index (χ1) is 8.74. The normalized spacial score (nSPS) is 13.3. The van der Waals surface area contributed by atoms with E-state index in [1.807, 2.05) is 0 Å². The Morgan fingerprint density at radius 3 is 2.53 bits per heavy atom. The van der Waals surface area contributed by atoms with Gasteiger partial charge in [-0.25, -0.2) is 13.4 Å². The van der Waals surface area contributed by atoms with Gasteiger partial charge in [0.15, 0.2) is 0 Å². The minimum atomic E-state index is -3.87. The number of nitrogens with one attached hydrogen (secondary N) is 2. The molecule has 4 N–H and O–H groups in total. The maximum absolute atomic E-state index is 12.0. The third-order valence-electron chi connectivity index (χ3n) is 2.25. The molecule has 0 aromatic carbocycles. The Labute approximate surface area is 112 Å². The van der Waals surface area contributed by atoms with Crippen LogP contribution in [0.2, 0.25) is 0 Å². The monoisotopic (exact) mass is 286 g/mol. The number of nitrogens with two attached hydrogens (primary N) is 1. The Hall–Kier alpha value is -1.67. The molecule has 1 amide bonds. The maximum Gasteiger partial charge on any atom is 0.244 e. The molecule has 0 aliphatic heterocycles. The van der Waals surface area contributed by atoms with E-state index in [-0.39, 0.29) is 16.8 Å². The van der Waals surface area contributed by atoms with Crippen LogP contribution in [0.5, 0.6) is 0 Å². The van der Waals surface area contributed by atoms with E-state index < -0.39 is 22.0 Å². The first kappa shape index (κ1) is 15.4. The van der Waals surface area contributed by atoms with Crippen LogP contribution in [-0.4, -0.2) is 31.4 Å². The van der Waals surface area contributed by atoms with E-state index in [9.17, 15) is 13.2 Å². The molecule has 0 saturated heterocycles. The summed E-state index contributed by atoms with van der Waals surface area (Å²) in [7, 11) is -3.87. The standard InChI is InChI=1S/C11H18N4O3S/c1-7(2)14-11(16)8(3)15-19(17,18)9-5-4-6-13-10(9)12/h4-8,15H,1-3H3,(H2,12,13)(H,14,16). The number of rotatable bonds is 5. The molecule has 0 aliphatic carbocycles. The molecule has 1 heterocycles. The maximum atomic E-state index is 12.0. The van der Waals surface area contributed by atoms with Crippen molar-refractivity contribution in [3.05, 3.63) is 18.3 Å². The lowest BCUT2D eigenvalue weighted by Gasteiger charge is -2.16. The van der Waals surface area contributed by atoms with Gasteiger partial charge in [-0.05, 0) is 32.9 Å². The quantitative estimate of drug-likeness (QED) is 0.696. The lowest BCUT2D eigenvalue weighted by Crippen LogP contribution is -2.46. The zero-order valence-electron chi connectivity index (χ0n) is 11.0. The molecule has 1 aromatic rings. The molecular formula is C11H18N4O3S. The van der Waals surface area contributed by atoms with Gasteiger partial charge in [-0.2, -0.15) is 4.72 Å². The van der Waals surface area contributed by atoms with Crippen LogP contribution in [0.15, 0.2) is 23.2 Å². The predicted molar refractivity (Wildman–Crippen MR) is 71.7 cm³/mol. The van der Waals surface area contributed by atoms with Crippen molar-refractivity contribution in [2.24, 2.45) is 0 Å². The summed E-state index contributed by atoms with van der Waals surface area (Å²) in [6.07, 6.45) is 1.39. The zero-order chi connectivity index (χ0) is 14.6. The van der Waals surface area contributed by atoms with Crippen molar-refractivity contribution in [1.29, 1.82) is 0 Å². The van der Waals surface area contributed by atoms with Crippen LogP contribution in [0.3, 0.4) is 0 Å². The summed E-state index contributed by atoms with van der Waals surface area (Å²) in [6.45, 7) is 5.04. The van der Waals surface area contributed by atoms with Crippen molar-refractivity contribution < 1.29 is 13.2 Å². The average molecular weight is 286 g/mol. The van der Waals surface area contributed by atoms with Crippen LogP contribution < -0.4 is 15.8 Å². The fourth-order valence-corrected chi connectivity index (χ4v) is 2.67. The molecule has 0 radical (unpaired) electrons. The number of pyridine rings is 1. The summed E-state index contributed by atoms with van der Waals surface area (Å²) < 4.78 is 26.3. The van der Waals surface area contributed by atoms with E-state index in [1.165, 1.54) is 25.3 Å². The van der Waals surface area contributed by atoms with Crippen molar-refractivity contribution in [2.75, 3.05) is 5.73 Å². The highest BCUT2D eigenvalue weighted by Gasteiger charge is 2.24. The van der Waals surface area contributed by atoms with Crippen LogP contribution in [0.1, 0.15) is 20.8 Å². The number of nitrogens with zero attached hydrogens (tertiary/aromatic N) is 1. The lowest BCUT2D eigenvalue weighted by atomic mass is 10.3. The number of nitrogen functional groups attached to an aromatic ring is 1. The van der Waals surface area contributed by atoms with Gasteiger partial charge in [-0.15, -0.1) is 0 Å². The largest absolute Gasteiger partial charge is 0.383 e. The third kappa shape index (κ3) is 4.18. The van der Waals surface area contributed by atoms with Gasteiger partial charge in [-0.3, -0.25) is 4.79 Å². The van der Waals surface area contributed by atoms with Crippen molar-refractivity contribution in [3.8, 4) is 0 Å². The molecule has 1 atom stereocenters. The Morgan fingerprint density at radius 2 is 2.00 bits per heavy atom.